The fourth-order valence-corrected chi connectivity index (χ4v) is 6.03. The van der Waals surface area contributed by atoms with Crippen LogP contribution in [0.5, 0.6) is 0 Å². The Morgan fingerprint density at radius 1 is 1.07 bits per heavy atom. The van der Waals surface area contributed by atoms with E-state index in [0.29, 0.717) is 19.6 Å². The Balaban J connectivity index is 1.42. The molecular formula is C19H31N5O2S2. The van der Waals surface area contributed by atoms with Crippen molar-refractivity contribution in [2.24, 2.45) is 4.99 Å². The second-order valence-corrected chi connectivity index (χ2v) is 10.4. The number of nitrogens with zero attached hydrogens (tertiary/aromatic N) is 4. The molecule has 2 fully saturated rings. The summed E-state index contributed by atoms with van der Waals surface area (Å²) in [4.78, 5) is 9.01. The molecule has 1 aromatic carbocycles. The molecular weight excluding hydrogens is 394 g/mol. The molecule has 2 aliphatic rings. The molecule has 3 rings (SSSR count). The maximum Gasteiger partial charge on any atom is 0.215 e. The number of rotatable bonds is 6. The zero-order valence-electron chi connectivity index (χ0n) is 16.6. The minimum absolute atomic E-state index is 0.116. The topological polar surface area (TPSA) is 68.2 Å². The van der Waals surface area contributed by atoms with E-state index in [1.165, 1.54) is 5.56 Å². The van der Waals surface area contributed by atoms with Gasteiger partial charge in [-0.15, -0.1) is 0 Å². The van der Waals surface area contributed by atoms with Crippen LogP contribution in [0.1, 0.15) is 5.56 Å². The number of hydrogen-bond donors (Lipinski definition) is 1. The van der Waals surface area contributed by atoms with Gasteiger partial charge in [0.05, 0.1) is 5.75 Å². The van der Waals surface area contributed by atoms with E-state index in [-0.39, 0.29) is 5.75 Å². The first kappa shape index (κ1) is 21.4. The Hall–Kier alpha value is -1.29. The van der Waals surface area contributed by atoms with E-state index in [2.05, 4.69) is 44.4 Å². The number of sulfonamides is 1. The summed E-state index contributed by atoms with van der Waals surface area (Å²) in [5.41, 5.74) is 1.33. The summed E-state index contributed by atoms with van der Waals surface area (Å²) in [6.07, 6.45) is 0. The van der Waals surface area contributed by atoms with Crippen LogP contribution < -0.4 is 5.32 Å². The predicted molar refractivity (Wildman–Crippen MR) is 117 cm³/mol. The van der Waals surface area contributed by atoms with Crippen molar-refractivity contribution in [1.29, 1.82) is 0 Å². The van der Waals surface area contributed by atoms with Crippen LogP contribution in [-0.4, -0.2) is 98.6 Å². The monoisotopic (exact) mass is 425 g/mol. The van der Waals surface area contributed by atoms with E-state index >= 15 is 0 Å². The molecule has 0 amide bonds. The van der Waals surface area contributed by atoms with Gasteiger partial charge in [0.2, 0.25) is 10.0 Å². The van der Waals surface area contributed by atoms with Crippen LogP contribution in [0.2, 0.25) is 0 Å². The molecule has 2 saturated heterocycles. The molecule has 1 N–H and O–H groups in total. The molecule has 2 heterocycles. The summed E-state index contributed by atoms with van der Waals surface area (Å²) in [6.45, 7) is 6.34. The van der Waals surface area contributed by atoms with Crippen LogP contribution >= 0.6 is 11.8 Å². The number of guanidine groups is 1. The summed E-state index contributed by atoms with van der Waals surface area (Å²) in [6, 6.07) is 10.5. The highest BCUT2D eigenvalue weighted by molar-refractivity contribution is 7.99. The van der Waals surface area contributed by atoms with Gasteiger partial charge in [-0.3, -0.25) is 9.89 Å². The molecule has 0 unspecified atom stereocenters. The Kier molecular flexibility index (Phi) is 8.01. The molecule has 0 saturated carbocycles. The largest absolute Gasteiger partial charge is 0.355 e. The van der Waals surface area contributed by atoms with Gasteiger partial charge >= 0.3 is 0 Å². The molecule has 7 nitrogen and oxygen atoms in total. The number of nitrogens with one attached hydrogen (secondary N) is 1. The molecule has 0 atom stereocenters. The van der Waals surface area contributed by atoms with E-state index in [1.54, 1.807) is 11.4 Å². The van der Waals surface area contributed by atoms with E-state index in [1.807, 2.05) is 17.8 Å². The lowest BCUT2D eigenvalue weighted by Gasteiger charge is -2.36. The molecule has 0 spiro atoms. The molecule has 1 aromatic rings. The average molecular weight is 426 g/mol. The minimum atomic E-state index is -3.19. The zero-order chi connectivity index (χ0) is 19.8. The number of aliphatic imine (C=N–C) groups is 1. The lowest BCUT2D eigenvalue weighted by Crippen LogP contribution is -2.53. The van der Waals surface area contributed by atoms with Crippen LogP contribution in [0.4, 0.5) is 0 Å². The lowest BCUT2D eigenvalue weighted by atomic mass is 10.2. The molecule has 156 valence electrons. The molecule has 0 aromatic heterocycles. The Morgan fingerprint density at radius 3 is 2.39 bits per heavy atom. The number of piperazine rings is 1. The zero-order valence-corrected chi connectivity index (χ0v) is 18.2. The minimum Gasteiger partial charge on any atom is -0.355 e. The van der Waals surface area contributed by atoms with Crippen molar-refractivity contribution < 1.29 is 8.42 Å². The Bertz CT molecular complexity index is 728. The summed E-state index contributed by atoms with van der Waals surface area (Å²) in [5, 5.41) is 3.25. The molecule has 0 bridgehead atoms. The number of hydrogen-bond acceptors (Lipinski definition) is 5. The summed E-state index contributed by atoms with van der Waals surface area (Å²) in [5.74, 6) is 2.69. The summed E-state index contributed by atoms with van der Waals surface area (Å²) in [7, 11) is -1.43. The second-order valence-electron chi connectivity index (χ2n) is 7.05. The summed E-state index contributed by atoms with van der Waals surface area (Å²) >= 11 is 1.81. The van der Waals surface area contributed by atoms with Crippen LogP contribution in [0, 0.1) is 0 Å². The van der Waals surface area contributed by atoms with E-state index in [0.717, 1.165) is 50.2 Å². The third-order valence-corrected chi connectivity index (χ3v) is 7.95. The molecule has 0 radical (unpaired) electrons. The van der Waals surface area contributed by atoms with Crippen molar-refractivity contribution in [2.45, 2.75) is 6.54 Å². The van der Waals surface area contributed by atoms with E-state index in [4.69, 9.17) is 0 Å². The van der Waals surface area contributed by atoms with Crippen LogP contribution in [-0.2, 0) is 16.6 Å². The average Bonchev–Trinajstić information content (AvgIpc) is 2.73. The van der Waals surface area contributed by atoms with Crippen molar-refractivity contribution in [3.63, 3.8) is 0 Å². The first-order valence-electron chi connectivity index (χ1n) is 9.86. The standard InChI is InChI=1S/C19H31N5O2S2/c1-20-19(21-7-16-28(25,26)24-12-14-27-15-13-24)23-10-8-22(9-11-23)17-18-5-3-2-4-6-18/h2-6H,7-17H2,1H3,(H,20,21). The van der Waals surface area contributed by atoms with Crippen molar-refractivity contribution >= 4 is 27.7 Å². The van der Waals surface area contributed by atoms with Gasteiger partial charge in [-0.25, -0.2) is 12.7 Å². The third-order valence-electron chi connectivity index (χ3n) is 5.14. The first-order valence-corrected chi connectivity index (χ1v) is 12.6. The summed E-state index contributed by atoms with van der Waals surface area (Å²) < 4.78 is 26.6. The number of thioether (sulfide) groups is 1. The van der Waals surface area contributed by atoms with Crippen LogP contribution in [0.15, 0.2) is 35.3 Å². The predicted octanol–water partition coefficient (Wildman–Crippen LogP) is 0.758. The van der Waals surface area contributed by atoms with Crippen LogP contribution in [0.3, 0.4) is 0 Å². The highest BCUT2D eigenvalue weighted by Crippen LogP contribution is 2.13. The Labute approximate surface area is 173 Å². The molecule has 2 aliphatic heterocycles. The first-order chi connectivity index (χ1) is 13.6. The normalized spacial score (nSPS) is 20.3. The van der Waals surface area contributed by atoms with Gasteiger partial charge in [0, 0.05) is 70.9 Å². The highest BCUT2D eigenvalue weighted by Gasteiger charge is 2.24. The van der Waals surface area contributed by atoms with Crippen molar-refractivity contribution in [3.8, 4) is 0 Å². The van der Waals surface area contributed by atoms with Gasteiger partial charge in [-0.1, -0.05) is 30.3 Å². The van der Waals surface area contributed by atoms with Gasteiger partial charge in [-0.05, 0) is 5.56 Å². The quantitative estimate of drug-likeness (QED) is 0.536. The lowest BCUT2D eigenvalue weighted by molar-refractivity contribution is 0.172. The number of benzene rings is 1. The van der Waals surface area contributed by atoms with Gasteiger partial charge in [0.1, 0.15) is 0 Å². The Morgan fingerprint density at radius 2 is 1.75 bits per heavy atom. The third kappa shape index (κ3) is 6.10. The highest BCUT2D eigenvalue weighted by atomic mass is 32.2. The maximum absolute atomic E-state index is 12.5. The van der Waals surface area contributed by atoms with E-state index < -0.39 is 10.0 Å². The van der Waals surface area contributed by atoms with E-state index in [9.17, 15) is 8.42 Å². The smallest absolute Gasteiger partial charge is 0.215 e. The fourth-order valence-electron chi connectivity index (χ4n) is 3.54. The second kappa shape index (κ2) is 10.5. The van der Waals surface area contributed by atoms with Crippen molar-refractivity contribution in [3.05, 3.63) is 35.9 Å². The van der Waals surface area contributed by atoms with Crippen LogP contribution in [0.25, 0.3) is 0 Å². The maximum atomic E-state index is 12.5. The SMILES string of the molecule is CN=C(NCCS(=O)(=O)N1CCSCC1)N1CCN(Cc2ccccc2)CC1. The van der Waals surface area contributed by atoms with Crippen molar-refractivity contribution in [1.82, 2.24) is 19.4 Å². The van der Waals surface area contributed by atoms with Gasteiger partial charge in [-0.2, -0.15) is 11.8 Å². The molecule has 9 heteroatoms. The van der Waals surface area contributed by atoms with Gasteiger partial charge < -0.3 is 10.2 Å². The van der Waals surface area contributed by atoms with Crippen molar-refractivity contribution in [2.75, 3.05) is 70.1 Å². The fraction of sp³-hybridized carbons (Fsp3) is 0.632. The molecule has 28 heavy (non-hydrogen) atoms. The van der Waals surface area contributed by atoms with Gasteiger partial charge in [0.15, 0.2) is 5.96 Å². The molecule has 0 aliphatic carbocycles. The van der Waals surface area contributed by atoms with Gasteiger partial charge in [0.25, 0.3) is 0 Å².